The Morgan fingerprint density at radius 1 is 0.639 bits per heavy atom. The summed E-state index contributed by atoms with van der Waals surface area (Å²) in [5, 5.41) is 22.9. The third-order valence-electron chi connectivity index (χ3n) is 7.12. The zero-order valence-electron chi connectivity index (χ0n) is 21.0. The van der Waals surface area contributed by atoms with Crippen LogP contribution in [0.1, 0.15) is 98.5 Å². The summed E-state index contributed by atoms with van der Waals surface area (Å²) in [4.78, 5) is 32.0. The molecule has 12 heteroatoms. The van der Waals surface area contributed by atoms with E-state index in [1.165, 1.54) is 25.7 Å². The lowest BCUT2D eigenvalue weighted by Crippen LogP contribution is -2.29. The molecule has 0 unspecified atom stereocenters. The van der Waals surface area contributed by atoms with Gasteiger partial charge in [0.25, 0.3) is 0 Å². The summed E-state index contributed by atoms with van der Waals surface area (Å²) in [6.07, 6.45) is 9.59. The van der Waals surface area contributed by atoms with Crippen LogP contribution >= 0.6 is 0 Å². The molecule has 0 bridgehead atoms. The van der Waals surface area contributed by atoms with Gasteiger partial charge < -0.3 is 29.1 Å². The van der Waals surface area contributed by atoms with Gasteiger partial charge in [-0.2, -0.15) is 9.97 Å². The molecule has 2 N–H and O–H groups in total. The summed E-state index contributed by atoms with van der Waals surface area (Å²) < 4.78 is 10.7. The molecule has 0 radical (unpaired) electrons. The molecule has 36 heavy (non-hydrogen) atoms. The number of carbonyl (C=O) groups is 2. The van der Waals surface area contributed by atoms with E-state index in [9.17, 15) is 0 Å². The Bertz CT molecular complexity index is 920. The van der Waals surface area contributed by atoms with E-state index in [1.54, 1.807) is 0 Å². The van der Waals surface area contributed by atoms with Gasteiger partial charge in [0.15, 0.2) is 11.6 Å². The minimum Gasteiger partial charge on any atom is -0.473 e. The lowest BCUT2D eigenvalue weighted by molar-refractivity contribution is -0.159. The number of carboxylic acids is 2. The number of aliphatic carboxylic acids is 2. The minimum absolute atomic E-state index is 0.501. The van der Waals surface area contributed by atoms with Crippen LogP contribution in [0.4, 0.5) is 0 Å². The van der Waals surface area contributed by atoms with Crippen LogP contribution in [-0.2, 0) is 9.59 Å². The van der Waals surface area contributed by atoms with Crippen molar-refractivity contribution in [2.75, 3.05) is 40.3 Å². The maximum absolute atomic E-state index is 9.10. The van der Waals surface area contributed by atoms with Crippen molar-refractivity contribution in [3.8, 4) is 0 Å². The van der Waals surface area contributed by atoms with Gasteiger partial charge in [0.1, 0.15) is 0 Å². The van der Waals surface area contributed by atoms with Crippen LogP contribution in [0.25, 0.3) is 0 Å². The fraction of sp³-hybridized carbons (Fsp3) is 0.750. The first kappa shape index (κ1) is 26.2. The largest absolute Gasteiger partial charge is 0.473 e. The molecule has 2 aromatic rings. The molecule has 0 amide bonds. The van der Waals surface area contributed by atoms with Crippen molar-refractivity contribution in [3.63, 3.8) is 0 Å². The van der Waals surface area contributed by atoms with E-state index in [0.29, 0.717) is 23.7 Å². The standard InChI is InChI=1S/2C11H17N3O.C2H2O4/c2*1-14-6-4-9(5-7-14)11-12-10(13-15-11)8-2-3-8;3-1(4)2(5)6/h2*8-9H,2-7H2,1H3;(H,3,4)(H,5,6). The Kier molecular flexibility index (Phi) is 8.68. The van der Waals surface area contributed by atoms with Crippen LogP contribution in [0, 0.1) is 0 Å². The van der Waals surface area contributed by atoms with E-state index in [0.717, 1.165) is 75.3 Å². The fourth-order valence-electron chi connectivity index (χ4n) is 4.35. The van der Waals surface area contributed by atoms with E-state index in [-0.39, 0.29) is 0 Å². The van der Waals surface area contributed by atoms with Crippen LogP contribution in [0.2, 0.25) is 0 Å². The van der Waals surface area contributed by atoms with Gasteiger partial charge in [0, 0.05) is 23.7 Å². The zero-order valence-corrected chi connectivity index (χ0v) is 21.0. The number of nitrogens with zero attached hydrogens (tertiary/aromatic N) is 6. The third kappa shape index (κ3) is 7.57. The second-order valence-electron chi connectivity index (χ2n) is 10.3. The molecule has 6 rings (SSSR count). The van der Waals surface area contributed by atoms with Crippen LogP contribution in [0.15, 0.2) is 9.05 Å². The number of hydrogen-bond acceptors (Lipinski definition) is 10. The second kappa shape index (κ2) is 11.9. The van der Waals surface area contributed by atoms with Crippen LogP contribution in [-0.4, -0.2) is 92.5 Å². The maximum Gasteiger partial charge on any atom is 0.414 e. The topological polar surface area (TPSA) is 159 Å². The number of aromatic nitrogens is 4. The normalized spacial score (nSPS) is 21.7. The van der Waals surface area contributed by atoms with Crippen LogP contribution < -0.4 is 0 Å². The van der Waals surface area contributed by atoms with Crippen LogP contribution in [0.5, 0.6) is 0 Å². The average molecular weight is 505 g/mol. The predicted molar refractivity (Wildman–Crippen MR) is 127 cm³/mol. The summed E-state index contributed by atoms with van der Waals surface area (Å²) in [6, 6.07) is 0. The monoisotopic (exact) mass is 504 g/mol. The van der Waals surface area contributed by atoms with Gasteiger partial charge in [0.2, 0.25) is 11.8 Å². The molecule has 2 aromatic heterocycles. The molecule has 0 atom stereocenters. The summed E-state index contributed by atoms with van der Waals surface area (Å²) in [6.45, 7) is 4.58. The van der Waals surface area contributed by atoms with Gasteiger partial charge in [-0.1, -0.05) is 10.3 Å². The highest BCUT2D eigenvalue weighted by atomic mass is 16.5. The lowest BCUT2D eigenvalue weighted by Gasteiger charge is -2.26. The number of carboxylic acid groups (broad SMARTS) is 2. The molecule has 4 fully saturated rings. The van der Waals surface area contributed by atoms with E-state index in [2.05, 4.69) is 44.2 Å². The van der Waals surface area contributed by atoms with Crippen molar-refractivity contribution in [2.24, 2.45) is 0 Å². The number of rotatable bonds is 4. The smallest absolute Gasteiger partial charge is 0.414 e. The van der Waals surface area contributed by atoms with Gasteiger partial charge in [0.05, 0.1) is 0 Å². The van der Waals surface area contributed by atoms with Crippen molar-refractivity contribution in [1.29, 1.82) is 0 Å². The minimum atomic E-state index is -1.82. The quantitative estimate of drug-likeness (QED) is 0.587. The molecule has 0 spiro atoms. The zero-order chi connectivity index (χ0) is 25.7. The second-order valence-corrected chi connectivity index (χ2v) is 10.3. The molecule has 0 aromatic carbocycles. The molecule has 2 aliphatic carbocycles. The molecule has 12 nitrogen and oxygen atoms in total. The molecule has 2 saturated heterocycles. The van der Waals surface area contributed by atoms with Crippen molar-refractivity contribution in [2.45, 2.75) is 75.0 Å². The highest BCUT2D eigenvalue weighted by Gasteiger charge is 2.32. The Hall–Kier alpha value is -2.86. The third-order valence-corrected chi connectivity index (χ3v) is 7.12. The lowest BCUT2D eigenvalue weighted by atomic mass is 9.97. The Labute approximate surface area is 210 Å². The summed E-state index contributed by atoms with van der Waals surface area (Å²) in [7, 11) is 4.33. The van der Waals surface area contributed by atoms with E-state index in [1.807, 2.05) is 0 Å². The molecule has 2 saturated carbocycles. The highest BCUT2D eigenvalue weighted by molar-refractivity contribution is 6.27. The first-order valence-corrected chi connectivity index (χ1v) is 12.8. The Morgan fingerprint density at radius 2 is 0.972 bits per heavy atom. The van der Waals surface area contributed by atoms with Crippen LogP contribution in [0.3, 0.4) is 0 Å². The SMILES string of the molecule is CN1CCC(c2nc(C3CC3)no2)CC1.CN1CCC(c2nc(C3CC3)no2)CC1.O=C(O)C(=O)O. The van der Waals surface area contributed by atoms with E-state index in [4.69, 9.17) is 28.8 Å². The van der Waals surface area contributed by atoms with E-state index >= 15 is 0 Å². The summed E-state index contributed by atoms with van der Waals surface area (Å²) >= 11 is 0. The number of hydrogen-bond donors (Lipinski definition) is 2. The fourth-order valence-corrected chi connectivity index (χ4v) is 4.35. The predicted octanol–water partition coefficient (Wildman–Crippen LogP) is 2.67. The molecule has 198 valence electrons. The first-order chi connectivity index (χ1) is 17.3. The highest BCUT2D eigenvalue weighted by Crippen LogP contribution is 2.40. The average Bonchev–Trinajstić information content (AvgIpc) is 3.80. The molecular formula is C24H36N6O6. The summed E-state index contributed by atoms with van der Waals surface area (Å²) in [5.41, 5.74) is 0. The Balaban J connectivity index is 0.000000139. The molecule has 4 aliphatic rings. The first-order valence-electron chi connectivity index (χ1n) is 12.8. The van der Waals surface area contributed by atoms with E-state index < -0.39 is 11.9 Å². The van der Waals surface area contributed by atoms with Gasteiger partial charge >= 0.3 is 11.9 Å². The van der Waals surface area contributed by atoms with Gasteiger partial charge in [-0.25, -0.2) is 9.59 Å². The molecular weight excluding hydrogens is 468 g/mol. The van der Waals surface area contributed by atoms with Crippen molar-refractivity contribution >= 4 is 11.9 Å². The van der Waals surface area contributed by atoms with Crippen molar-refractivity contribution in [1.82, 2.24) is 30.1 Å². The van der Waals surface area contributed by atoms with Gasteiger partial charge in [-0.3, -0.25) is 0 Å². The van der Waals surface area contributed by atoms with Crippen molar-refractivity contribution in [3.05, 3.63) is 23.4 Å². The van der Waals surface area contributed by atoms with Gasteiger partial charge in [-0.15, -0.1) is 0 Å². The Morgan fingerprint density at radius 3 is 1.25 bits per heavy atom. The summed E-state index contributed by atoms with van der Waals surface area (Å²) in [5.74, 6) is 2.22. The maximum atomic E-state index is 9.10. The number of likely N-dealkylation sites (tertiary alicyclic amines) is 2. The number of piperidine rings is 2. The molecule has 4 heterocycles. The van der Waals surface area contributed by atoms with Crippen molar-refractivity contribution < 1.29 is 28.8 Å². The molecule has 2 aliphatic heterocycles. The van der Waals surface area contributed by atoms with Gasteiger partial charge in [-0.05, 0) is 91.6 Å².